The molecule has 0 saturated carbocycles. The number of rotatable bonds is 7. The summed E-state index contributed by atoms with van der Waals surface area (Å²) >= 11 is 0. The highest BCUT2D eigenvalue weighted by atomic mass is 16.6. The number of allylic oxidation sites excluding steroid dienone is 2. The van der Waals surface area contributed by atoms with Crippen LogP contribution in [0.2, 0.25) is 0 Å². The van der Waals surface area contributed by atoms with E-state index in [2.05, 4.69) is 6.92 Å². The normalized spacial score (nSPS) is 11.2. The molecule has 22 heavy (non-hydrogen) atoms. The van der Waals surface area contributed by atoms with Gasteiger partial charge in [0, 0.05) is 12.2 Å². The van der Waals surface area contributed by atoms with E-state index in [0.717, 1.165) is 25.7 Å². The van der Waals surface area contributed by atoms with Crippen LogP contribution < -0.4 is 0 Å². The Balaban J connectivity index is 0. The molecule has 0 rings (SSSR count). The highest BCUT2D eigenvalue weighted by Gasteiger charge is 2.13. The molecule has 0 unspecified atom stereocenters. The first-order valence-corrected chi connectivity index (χ1v) is 7.99. The van der Waals surface area contributed by atoms with E-state index in [1.807, 2.05) is 34.6 Å². The summed E-state index contributed by atoms with van der Waals surface area (Å²) in [5, 5.41) is 0. The minimum atomic E-state index is -0.380. The van der Waals surface area contributed by atoms with Crippen LogP contribution in [0.25, 0.3) is 0 Å². The largest absolute Gasteiger partial charge is 0.463 e. The number of carbonyl (C=O) groups excluding carboxylic acids is 2. The zero-order chi connectivity index (χ0) is 17.4. The predicted octanol–water partition coefficient (Wildman–Crippen LogP) is 4.59. The van der Waals surface area contributed by atoms with Crippen molar-refractivity contribution >= 4 is 11.9 Å². The lowest BCUT2D eigenvalue weighted by Gasteiger charge is -2.17. The van der Waals surface area contributed by atoms with Gasteiger partial charge in [-0.15, -0.1) is 0 Å². The van der Waals surface area contributed by atoms with E-state index in [1.54, 1.807) is 12.2 Å². The van der Waals surface area contributed by atoms with Gasteiger partial charge in [-0.25, -0.2) is 9.59 Å². The van der Waals surface area contributed by atoms with Gasteiger partial charge in [-0.3, -0.25) is 0 Å². The molecule has 0 aliphatic heterocycles. The zero-order valence-corrected chi connectivity index (χ0v) is 15.0. The summed E-state index contributed by atoms with van der Waals surface area (Å²) in [7, 11) is 0. The second-order valence-electron chi connectivity index (χ2n) is 5.68. The Morgan fingerprint density at radius 2 is 1.41 bits per heavy atom. The Labute approximate surface area is 135 Å². The Bertz CT molecular complexity index is 349. The lowest BCUT2D eigenvalue weighted by Crippen LogP contribution is -2.22. The SMILES string of the molecule is CCC=CC(=O)OC(C)(C)C.CCC=CC(=O)OCCCC. The zero-order valence-electron chi connectivity index (χ0n) is 15.0. The van der Waals surface area contributed by atoms with Crippen LogP contribution in [0.1, 0.15) is 67.2 Å². The number of hydrogen-bond donors (Lipinski definition) is 0. The molecule has 0 aliphatic rings. The third-order valence-electron chi connectivity index (χ3n) is 2.13. The van der Waals surface area contributed by atoms with Crippen molar-refractivity contribution in [3.8, 4) is 0 Å². The molecule has 0 amide bonds. The second kappa shape index (κ2) is 14.4. The summed E-state index contributed by atoms with van der Waals surface area (Å²) in [6.07, 6.45) is 10.3. The van der Waals surface area contributed by atoms with Crippen molar-refractivity contribution in [1.82, 2.24) is 0 Å². The van der Waals surface area contributed by atoms with Crippen LogP contribution >= 0.6 is 0 Å². The van der Waals surface area contributed by atoms with E-state index in [-0.39, 0.29) is 17.5 Å². The number of unbranched alkanes of at least 4 members (excludes halogenated alkanes) is 1. The lowest BCUT2D eigenvalue weighted by atomic mass is 10.2. The summed E-state index contributed by atoms with van der Waals surface area (Å²) in [6.45, 7) is 12.1. The molecule has 0 aromatic rings. The van der Waals surface area contributed by atoms with Crippen LogP contribution in [0.4, 0.5) is 0 Å². The van der Waals surface area contributed by atoms with E-state index < -0.39 is 0 Å². The van der Waals surface area contributed by atoms with Crippen molar-refractivity contribution in [2.45, 2.75) is 72.8 Å². The Kier molecular flexibility index (Phi) is 14.8. The monoisotopic (exact) mass is 312 g/mol. The summed E-state index contributed by atoms with van der Waals surface area (Å²) in [4.78, 5) is 21.7. The summed E-state index contributed by atoms with van der Waals surface area (Å²) in [6, 6.07) is 0. The highest BCUT2D eigenvalue weighted by molar-refractivity contribution is 5.82. The Morgan fingerprint density at radius 3 is 1.82 bits per heavy atom. The van der Waals surface area contributed by atoms with Crippen LogP contribution in [0.3, 0.4) is 0 Å². The minimum absolute atomic E-state index is 0.222. The van der Waals surface area contributed by atoms with E-state index in [1.165, 1.54) is 12.2 Å². The molecule has 0 spiro atoms. The van der Waals surface area contributed by atoms with Gasteiger partial charge in [0.2, 0.25) is 0 Å². The highest BCUT2D eigenvalue weighted by Crippen LogP contribution is 2.06. The van der Waals surface area contributed by atoms with Crippen LogP contribution in [0.5, 0.6) is 0 Å². The molecular formula is C18H32O4. The third kappa shape index (κ3) is 20.7. The average Bonchev–Trinajstić information content (AvgIpc) is 2.42. The first-order chi connectivity index (χ1) is 10.3. The van der Waals surface area contributed by atoms with Crippen molar-refractivity contribution in [2.24, 2.45) is 0 Å². The minimum Gasteiger partial charge on any atom is -0.463 e. The fourth-order valence-electron chi connectivity index (χ4n) is 1.13. The van der Waals surface area contributed by atoms with Crippen molar-refractivity contribution in [2.75, 3.05) is 6.61 Å². The fraction of sp³-hybridized carbons (Fsp3) is 0.667. The summed E-state index contributed by atoms with van der Waals surface area (Å²) in [5.41, 5.74) is -0.380. The molecule has 0 radical (unpaired) electrons. The topological polar surface area (TPSA) is 52.6 Å². The number of carbonyl (C=O) groups is 2. The first kappa shape index (κ1) is 22.7. The van der Waals surface area contributed by atoms with Gasteiger partial charge in [0.25, 0.3) is 0 Å². The maximum Gasteiger partial charge on any atom is 0.330 e. The maximum atomic E-state index is 10.9. The van der Waals surface area contributed by atoms with Gasteiger partial charge < -0.3 is 9.47 Å². The number of hydrogen-bond acceptors (Lipinski definition) is 4. The van der Waals surface area contributed by atoms with Gasteiger partial charge in [0.1, 0.15) is 5.60 Å². The van der Waals surface area contributed by atoms with E-state index in [0.29, 0.717) is 6.61 Å². The molecule has 0 aromatic heterocycles. The maximum absolute atomic E-state index is 10.9. The average molecular weight is 312 g/mol. The Morgan fingerprint density at radius 1 is 0.909 bits per heavy atom. The van der Waals surface area contributed by atoms with Crippen LogP contribution in [-0.4, -0.2) is 24.1 Å². The van der Waals surface area contributed by atoms with Crippen molar-refractivity contribution < 1.29 is 19.1 Å². The molecule has 0 N–H and O–H groups in total. The fourth-order valence-corrected chi connectivity index (χ4v) is 1.13. The quantitative estimate of drug-likeness (QED) is 0.392. The molecule has 0 aromatic carbocycles. The number of ether oxygens (including phenoxy) is 2. The van der Waals surface area contributed by atoms with Gasteiger partial charge in [0.05, 0.1) is 6.61 Å². The molecule has 0 atom stereocenters. The van der Waals surface area contributed by atoms with Gasteiger partial charge in [-0.05, 0) is 40.0 Å². The summed E-state index contributed by atoms with van der Waals surface area (Å²) in [5.74, 6) is -0.486. The van der Waals surface area contributed by atoms with Crippen molar-refractivity contribution in [1.29, 1.82) is 0 Å². The smallest absolute Gasteiger partial charge is 0.330 e. The molecule has 0 saturated heterocycles. The van der Waals surface area contributed by atoms with Gasteiger partial charge >= 0.3 is 11.9 Å². The molecule has 4 nitrogen and oxygen atoms in total. The molecule has 0 bridgehead atoms. The third-order valence-corrected chi connectivity index (χ3v) is 2.13. The van der Waals surface area contributed by atoms with Crippen molar-refractivity contribution in [3.63, 3.8) is 0 Å². The van der Waals surface area contributed by atoms with Crippen LogP contribution in [0.15, 0.2) is 24.3 Å². The molecule has 0 heterocycles. The molecule has 4 heteroatoms. The first-order valence-electron chi connectivity index (χ1n) is 7.99. The van der Waals surface area contributed by atoms with E-state index in [9.17, 15) is 9.59 Å². The lowest BCUT2D eigenvalue weighted by molar-refractivity contribution is -0.148. The number of esters is 2. The second-order valence-corrected chi connectivity index (χ2v) is 5.68. The van der Waals surface area contributed by atoms with E-state index in [4.69, 9.17) is 9.47 Å². The van der Waals surface area contributed by atoms with Gasteiger partial charge in [-0.2, -0.15) is 0 Å². The van der Waals surface area contributed by atoms with Crippen LogP contribution in [-0.2, 0) is 19.1 Å². The van der Waals surface area contributed by atoms with Gasteiger partial charge in [-0.1, -0.05) is 39.3 Å². The molecule has 0 fully saturated rings. The summed E-state index contributed by atoms with van der Waals surface area (Å²) < 4.78 is 9.87. The molecule has 128 valence electrons. The molecule has 0 aliphatic carbocycles. The van der Waals surface area contributed by atoms with Crippen LogP contribution in [0, 0.1) is 0 Å². The standard InChI is InChI=1S/2C9H16O2/c1-5-6-7-8(10)11-9(2,3)4;1-3-5-7-9(10)11-8-6-4-2/h6-7H,5H2,1-4H3;5,7H,3-4,6,8H2,1-2H3. The van der Waals surface area contributed by atoms with E-state index >= 15 is 0 Å². The van der Waals surface area contributed by atoms with Crippen molar-refractivity contribution in [3.05, 3.63) is 24.3 Å². The molecular weight excluding hydrogens is 280 g/mol. The predicted molar refractivity (Wildman–Crippen MR) is 90.6 cm³/mol. The Hall–Kier alpha value is -1.58. The van der Waals surface area contributed by atoms with Gasteiger partial charge in [0.15, 0.2) is 0 Å².